The van der Waals surface area contributed by atoms with Crippen molar-refractivity contribution in [3.8, 4) is 0 Å². The topological polar surface area (TPSA) is 60.0 Å². The Morgan fingerprint density at radius 2 is 2.15 bits per heavy atom. The van der Waals surface area contributed by atoms with E-state index in [1.807, 2.05) is 18.7 Å². The Kier molecular flexibility index (Phi) is 6.24. The van der Waals surface area contributed by atoms with E-state index in [2.05, 4.69) is 45.8 Å². The van der Waals surface area contributed by atoms with Gasteiger partial charge in [0, 0.05) is 57.9 Å². The van der Waals surface area contributed by atoms with Crippen molar-refractivity contribution < 1.29 is 4.79 Å². The Hall–Kier alpha value is -2.24. The molecule has 2 aliphatic heterocycles. The number of anilines is 1. The molecule has 0 spiro atoms. The van der Waals surface area contributed by atoms with Gasteiger partial charge in [0.05, 0.1) is 0 Å². The minimum Gasteiger partial charge on any atom is -0.374 e. The lowest BCUT2D eigenvalue weighted by atomic mass is 9.99. The molecule has 2 aliphatic rings. The van der Waals surface area contributed by atoms with E-state index in [1.54, 1.807) is 7.05 Å². The third-order valence-electron chi connectivity index (χ3n) is 5.51. The molecule has 0 aliphatic carbocycles. The first-order chi connectivity index (χ1) is 13.0. The smallest absolute Gasteiger partial charge is 0.225 e. The highest BCUT2D eigenvalue weighted by atomic mass is 16.2. The number of aliphatic imine (C=N–C) groups is 1. The van der Waals surface area contributed by atoms with E-state index < -0.39 is 0 Å². The van der Waals surface area contributed by atoms with Gasteiger partial charge in [-0.3, -0.25) is 9.79 Å². The standard InChI is InChI=1S/C21H33N5O/c1-15(2)20(27)26-11-9-18(14-26)24-21(22-3)23-13-16-7-8-19-17(12-16)6-5-10-25(19)4/h7-8,12,15,18H,5-6,9-11,13-14H2,1-4H3,(H2,22,23,24). The Labute approximate surface area is 163 Å². The molecule has 1 unspecified atom stereocenters. The Morgan fingerprint density at radius 3 is 2.89 bits per heavy atom. The number of likely N-dealkylation sites (tertiary alicyclic amines) is 1. The maximum atomic E-state index is 12.1. The summed E-state index contributed by atoms with van der Waals surface area (Å²) in [6.07, 6.45) is 3.34. The quantitative estimate of drug-likeness (QED) is 0.628. The summed E-state index contributed by atoms with van der Waals surface area (Å²) >= 11 is 0. The average Bonchev–Trinajstić information content (AvgIpc) is 3.13. The van der Waals surface area contributed by atoms with Crippen molar-refractivity contribution in [1.82, 2.24) is 15.5 Å². The number of carbonyl (C=O) groups excluding carboxylic acids is 1. The number of nitrogens with one attached hydrogen (secondary N) is 2. The summed E-state index contributed by atoms with van der Waals surface area (Å²) in [5.41, 5.74) is 4.06. The lowest BCUT2D eigenvalue weighted by Gasteiger charge is -2.28. The molecule has 1 saturated heterocycles. The van der Waals surface area contributed by atoms with Crippen molar-refractivity contribution in [3.63, 3.8) is 0 Å². The maximum absolute atomic E-state index is 12.1. The van der Waals surface area contributed by atoms with E-state index >= 15 is 0 Å². The molecule has 27 heavy (non-hydrogen) atoms. The fourth-order valence-corrected chi connectivity index (χ4v) is 3.97. The maximum Gasteiger partial charge on any atom is 0.225 e. The normalized spacial score (nSPS) is 20.0. The molecule has 0 saturated carbocycles. The Morgan fingerprint density at radius 1 is 1.33 bits per heavy atom. The van der Waals surface area contributed by atoms with Crippen LogP contribution in [0.4, 0.5) is 5.69 Å². The van der Waals surface area contributed by atoms with Crippen LogP contribution in [0.15, 0.2) is 23.2 Å². The molecule has 1 aromatic rings. The summed E-state index contributed by atoms with van der Waals surface area (Å²) in [5, 5.41) is 6.89. The van der Waals surface area contributed by atoms with Crippen LogP contribution in [0.3, 0.4) is 0 Å². The van der Waals surface area contributed by atoms with Gasteiger partial charge in [0.1, 0.15) is 0 Å². The van der Waals surface area contributed by atoms with Crippen molar-refractivity contribution in [2.45, 2.75) is 45.7 Å². The van der Waals surface area contributed by atoms with Crippen molar-refractivity contribution in [3.05, 3.63) is 29.3 Å². The molecule has 1 aromatic carbocycles. The van der Waals surface area contributed by atoms with Crippen molar-refractivity contribution in [2.24, 2.45) is 10.9 Å². The number of benzene rings is 1. The van der Waals surface area contributed by atoms with Crippen LogP contribution in [0.25, 0.3) is 0 Å². The average molecular weight is 372 g/mol. The molecule has 1 atom stereocenters. The van der Waals surface area contributed by atoms with E-state index in [4.69, 9.17) is 0 Å². The number of amides is 1. The summed E-state index contributed by atoms with van der Waals surface area (Å²) in [6.45, 7) is 7.38. The highest BCUT2D eigenvalue weighted by molar-refractivity contribution is 5.81. The predicted octanol–water partition coefficient (Wildman–Crippen LogP) is 1.99. The molecule has 2 heterocycles. The van der Waals surface area contributed by atoms with E-state index in [-0.39, 0.29) is 17.9 Å². The van der Waals surface area contributed by atoms with Crippen LogP contribution in [0.2, 0.25) is 0 Å². The molecule has 148 valence electrons. The summed E-state index contributed by atoms with van der Waals surface area (Å²) in [7, 11) is 3.96. The van der Waals surface area contributed by atoms with E-state index in [0.717, 1.165) is 45.0 Å². The highest BCUT2D eigenvalue weighted by Crippen LogP contribution is 2.26. The second-order valence-corrected chi connectivity index (χ2v) is 7.98. The predicted molar refractivity (Wildman–Crippen MR) is 111 cm³/mol. The fraction of sp³-hybridized carbons (Fsp3) is 0.619. The van der Waals surface area contributed by atoms with Gasteiger partial charge in [-0.25, -0.2) is 0 Å². The van der Waals surface area contributed by atoms with Gasteiger partial charge in [0.15, 0.2) is 5.96 Å². The fourth-order valence-electron chi connectivity index (χ4n) is 3.97. The van der Waals surface area contributed by atoms with Crippen LogP contribution in [0.5, 0.6) is 0 Å². The number of hydrogen-bond acceptors (Lipinski definition) is 3. The number of aryl methyl sites for hydroxylation is 1. The first-order valence-corrected chi connectivity index (χ1v) is 10.1. The van der Waals surface area contributed by atoms with Gasteiger partial charge in [-0.1, -0.05) is 26.0 Å². The molecular formula is C21H33N5O. The molecule has 0 bridgehead atoms. The SMILES string of the molecule is CN=C(NCc1ccc2c(c1)CCCN2C)NC1CCN(C(=O)C(C)C)C1. The van der Waals surface area contributed by atoms with Gasteiger partial charge in [0.2, 0.25) is 5.91 Å². The van der Waals surface area contributed by atoms with Crippen molar-refractivity contribution >= 4 is 17.6 Å². The number of hydrogen-bond donors (Lipinski definition) is 2. The summed E-state index contributed by atoms with van der Waals surface area (Å²) in [5.74, 6) is 1.10. The van der Waals surface area contributed by atoms with Gasteiger partial charge in [-0.15, -0.1) is 0 Å². The molecule has 3 rings (SSSR count). The molecule has 2 N–H and O–H groups in total. The van der Waals surface area contributed by atoms with Gasteiger partial charge in [-0.2, -0.15) is 0 Å². The minimum atomic E-state index is 0.0595. The first-order valence-electron chi connectivity index (χ1n) is 10.1. The number of nitrogens with zero attached hydrogens (tertiary/aromatic N) is 3. The van der Waals surface area contributed by atoms with E-state index in [0.29, 0.717) is 0 Å². The van der Waals surface area contributed by atoms with Crippen LogP contribution in [-0.2, 0) is 17.8 Å². The van der Waals surface area contributed by atoms with Gasteiger partial charge in [0.25, 0.3) is 0 Å². The van der Waals surface area contributed by atoms with E-state index in [9.17, 15) is 4.79 Å². The number of carbonyl (C=O) groups is 1. The van der Waals surface area contributed by atoms with Crippen molar-refractivity contribution in [1.29, 1.82) is 0 Å². The second-order valence-electron chi connectivity index (χ2n) is 7.98. The molecule has 0 radical (unpaired) electrons. The Bertz CT molecular complexity index is 700. The summed E-state index contributed by atoms with van der Waals surface area (Å²) in [4.78, 5) is 20.8. The van der Waals surface area contributed by atoms with Gasteiger partial charge in [-0.05, 0) is 36.5 Å². The van der Waals surface area contributed by atoms with Crippen LogP contribution in [0.1, 0.15) is 37.8 Å². The lowest BCUT2D eigenvalue weighted by Crippen LogP contribution is -2.45. The zero-order chi connectivity index (χ0) is 19.4. The van der Waals surface area contributed by atoms with Crippen LogP contribution >= 0.6 is 0 Å². The van der Waals surface area contributed by atoms with Crippen molar-refractivity contribution in [2.75, 3.05) is 38.6 Å². The second kappa shape index (κ2) is 8.63. The Balaban J connectivity index is 1.52. The molecule has 1 fully saturated rings. The monoisotopic (exact) mass is 371 g/mol. The third-order valence-corrected chi connectivity index (χ3v) is 5.51. The van der Waals surface area contributed by atoms with Gasteiger partial charge < -0.3 is 20.4 Å². The zero-order valence-electron chi connectivity index (χ0n) is 17.1. The minimum absolute atomic E-state index is 0.0595. The summed E-state index contributed by atoms with van der Waals surface area (Å²) < 4.78 is 0. The van der Waals surface area contributed by atoms with E-state index in [1.165, 1.54) is 23.2 Å². The molecule has 6 heteroatoms. The van der Waals surface area contributed by atoms with Gasteiger partial charge >= 0.3 is 0 Å². The molecule has 6 nitrogen and oxygen atoms in total. The molecule has 0 aromatic heterocycles. The lowest BCUT2D eigenvalue weighted by molar-refractivity contribution is -0.133. The number of guanidine groups is 1. The number of rotatable bonds is 4. The van der Waals surface area contributed by atoms with Crippen LogP contribution in [-0.4, -0.2) is 56.5 Å². The zero-order valence-corrected chi connectivity index (χ0v) is 17.1. The summed E-state index contributed by atoms with van der Waals surface area (Å²) in [6, 6.07) is 6.99. The van der Waals surface area contributed by atoms with Crippen LogP contribution < -0.4 is 15.5 Å². The first kappa shape index (κ1) is 19.5. The highest BCUT2D eigenvalue weighted by Gasteiger charge is 2.27. The molecule has 1 amide bonds. The third kappa shape index (κ3) is 4.73. The largest absolute Gasteiger partial charge is 0.374 e. The number of fused-ring (bicyclic) bond motifs is 1. The van der Waals surface area contributed by atoms with Crippen LogP contribution in [0, 0.1) is 5.92 Å². The molecular weight excluding hydrogens is 338 g/mol.